The van der Waals surface area contributed by atoms with Gasteiger partial charge in [-0.05, 0) is 110 Å². The number of carbonyl (C=O) groups is 2. The smallest absolute Gasteiger partial charge is 0.306 e. The topological polar surface area (TPSA) is 81.2 Å². The Morgan fingerprint density at radius 2 is 1.85 bits per heavy atom. The number of anilines is 1. The van der Waals surface area contributed by atoms with Gasteiger partial charge in [-0.1, -0.05) is 102 Å². The highest BCUT2D eigenvalue weighted by molar-refractivity contribution is 8.01. The summed E-state index contributed by atoms with van der Waals surface area (Å²) in [6.07, 6.45) is 18.7. The number of nitrogens with one attached hydrogen (secondary N) is 1. The highest BCUT2D eigenvalue weighted by Crippen LogP contribution is 2.67. The van der Waals surface area contributed by atoms with Crippen LogP contribution >= 0.6 is 23.1 Å². The molecule has 6 nitrogen and oxygen atoms in total. The second-order valence-corrected chi connectivity index (χ2v) is 18.8. The predicted molar refractivity (Wildman–Crippen MR) is 195 cm³/mol. The number of hydrogen-bond acceptors (Lipinski definition) is 7. The van der Waals surface area contributed by atoms with Crippen LogP contribution in [-0.2, 0) is 14.3 Å². The zero-order chi connectivity index (χ0) is 33.8. The average molecular weight is 686 g/mol. The summed E-state index contributed by atoms with van der Waals surface area (Å²) in [5.74, 6) is 6.29. The van der Waals surface area contributed by atoms with Gasteiger partial charge in [-0.3, -0.25) is 9.59 Å². The van der Waals surface area contributed by atoms with Crippen molar-refractivity contribution in [3.05, 3.63) is 11.6 Å². The van der Waals surface area contributed by atoms with Crippen LogP contribution in [0.2, 0.25) is 0 Å². The number of ether oxygens (including phenoxy) is 1. The third-order valence-electron chi connectivity index (χ3n) is 13.5. The lowest BCUT2D eigenvalue weighted by molar-refractivity contribution is -0.152. The number of allylic oxidation sites excluding steroid dienone is 1. The first-order valence-electron chi connectivity index (χ1n) is 19.1. The van der Waals surface area contributed by atoms with E-state index >= 15 is 0 Å². The second kappa shape index (κ2) is 16.1. The Balaban J connectivity index is 1.10. The lowest BCUT2D eigenvalue weighted by atomic mass is 9.47. The van der Waals surface area contributed by atoms with Crippen molar-refractivity contribution >= 4 is 40.1 Å². The van der Waals surface area contributed by atoms with Gasteiger partial charge in [0.2, 0.25) is 11.0 Å². The van der Waals surface area contributed by atoms with Crippen molar-refractivity contribution in [1.29, 1.82) is 0 Å². The van der Waals surface area contributed by atoms with E-state index in [1.54, 1.807) is 11.8 Å². The van der Waals surface area contributed by atoms with Crippen LogP contribution in [0.5, 0.6) is 0 Å². The molecule has 5 rings (SSSR count). The molecule has 4 aliphatic rings. The van der Waals surface area contributed by atoms with Crippen LogP contribution in [0.4, 0.5) is 5.13 Å². The van der Waals surface area contributed by atoms with Gasteiger partial charge < -0.3 is 10.1 Å². The van der Waals surface area contributed by atoms with Crippen molar-refractivity contribution in [3.63, 3.8) is 0 Å². The molecule has 3 saturated carbocycles. The summed E-state index contributed by atoms with van der Waals surface area (Å²) in [5.41, 5.74) is 2.26. The first-order valence-corrected chi connectivity index (χ1v) is 20.9. The van der Waals surface area contributed by atoms with Gasteiger partial charge in [0, 0.05) is 18.6 Å². The number of carbonyl (C=O) groups excluding carboxylic acids is 2. The van der Waals surface area contributed by atoms with Crippen molar-refractivity contribution in [2.24, 2.45) is 52.3 Å². The number of hydrogen-bond donors (Lipinski definition) is 1. The molecule has 1 amide bonds. The largest absolute Gasteiger partial charge is 0.462 e. The number of amides is 1. The lowest BCUT2D eigenvalue weighted by Crippen LogP contribution is -2.51. The maximum Gasteiger partial charge on any atom is 0.306 e. The molecule has 0 bridgehead atoms. The number of rotatable bonds is 15. The summed E-state index contributed by atoms with van der Waals surface area (Å²) in [6.45, 7) is 17.1. The van der Waals surface area contributed by atoms with Crippen molar-refractivity contribution in [1.82, 2.24) is 10.2 Å². The van der Waals surface area contributed by atoms with Crippen molar-refractivity contribution in [2.75, 3.05) is 11.1 Å². The van der Waals surface area contributed by atoms with Crippen LogP contribution in [0.25, 0.3) is 0 Å². The third kappa shape index (κ3) is 8.32. The van der Waals surface area contributed by atoms with Crippen LogP contribution in [0.3, 0.4) is 0 Å². The Morgan fingerprint density at radius 1 is 1.04 bits per heavy atom. The molecule has 1 N–H and O–H groups in total. The van der Waals surface area contributed by atoms with E-state index in [0.717, 1.165) is 83.6 Å². The molecule has 0 radical (unpaired) electrons. The van der Waals surface area contributed by atoms with Gasteiger partial charge in [-0.2, -0.15) is 0 Å². The number of unbranched alkanes of at least 4 members (excludes halogenated alkanes) is 1. The van der Waals surface area contributed by atoms with Crippen molar-refractivity contribution in [2.45, 2.75) is 155 Å². The number of aromatic nitrogens is 2. The molecular formula is C39H63N3O3S2. The molecule has 47 heavy (non-hydrogen) atoms. The normalized spacial score (nSPS) is 32.9. The average Bonchev–Trinajstić information content (AvgIpc) is 3.63. The molecule has 4 aliphatic carbocycles. The molecule has 264 valence electrons. The summed E-state index contributed by atoms with van der Waals surface area (Å²) < 4.78 is 6.84. The van der Waals surface area contributed by atoms with Gasteiger partial charge in [-0.25, -0.2) is 0 Å². The minimum atomic E-state index is -0.269. The molecule has 0 unspecified atom stereocenters. The Bertz CT molecular complexity index is 1250. The monoisotopic (exact) mass is 685 g/mol. The Labute approximate surface area is 293 Å². The third-order valence-corrected chi connectivity index (χ3v) is 15.6. The van der Waals surface area contributed by atoms with Gasteiger partial charge in [0.15, 0.2) is 4.34 Å². The van der Waals surface area contributed by atoms with Crippen LogP contribution in [0, 0.1) is 52.3 Å². The second-order valence-electron chi connectivity index (χ2n) is 16.4. The SMILES string of the molecule is CCCCSc1nnc(NC(=O)CCC(=O)O[C@H]2CC[C@@]3(C)C(=CC[C@H]4[C@@H]5CC[C@H]([C@H](C)CC[C@@H](CC)C(C)C)[C@@]5(C)CC[C@@H]43)C2)s1. The first-order chi connectivity index (χ1) is 22.5. The lowest BCUT2D eigenvalue weighted by Gasteiger charge is -2.58. The Hall–Kier alpha value is -1.41. The minimum Gasteiger partial charge on any atom is -0.462 e. The van der Waals surface area contributed by atoms with Crippen LogP contribution in [0.15, 0.2) is 16.0 Å². The maximum absolute atomic E-state index is 12.8. The molecule has 1 aromatic heterocycles. The molecule has 0 aromatic carbocycles. The highest BCUT2D eigenvalue weighted by Gasteiger charge is 2.59. The molecule has 0 saturated heterocycles. The van der Waals surface area contributed by atoms with E-state index in [0.29, 0.717) is 10.5 Å². The van der Waals surface area contributed by atoms with Crippen molar-refractivity contribution < 1.29 is 14.3 Å². The number of thioether (sulfide) groups is 1. The van der Waals surface area contributed by atoms with E-state index in [1.165, 1.54) is 68.3 Å². The van der Waals surface area contributed by atoms with E-state index in [9.17, 15) is 9.59 Å². The van der Waals surface area contributed by atoms with Crippen LogP contribution in [-0.4, -0.2) is 33.9 Å². The number of fused-ring (bicyclic) bond motifs is 5. The predicted octanol–water partition coefficient (Wildman–Crippen LogP) is 10.7. The van der Waals surface area contributed by atoms with E-state index < -0.39 is 0 Å². The maximum atomic E-state index is 12.8. The van der Waals surface area contributed by atoms with E-state index in [4.69, 9.17) is 4.74 Å². The minimum absolute atomic E-state index is 0.0735. The van der Waals surface area contributed by atoms with Crippen molar-refractivity contribution in [3.8, 4) is 0 Å². The van der Waals surface area contributed by atoms with E-state index in [2.05, 4.69) is 70.1 Å². The fraction of sp³-hybridized carbons (Fsp3) is 0.846. The first kappa shape index (κ1) is 36.9. The molecular weight excluding hydrogens is 623 g/mol. The Morgan fingerprint density at radius 3 is 2.60 bits per heavy atom. The van der Waals surface area contributed by atoms with Gasteiger partial charge in [0.05, 0.1) is 6.42 Å². The summed E-state index contributed by atoms with van der Waals surface area (Å²) in [4.78, 5) is 25.3. The zero-order valence-electron chi connectivity index (χ0n) is 30.4. The summed E-state index contributed by atoms with van der Waals surface area (Å²) in [7, 11) is 0. The fourth-order valence-corrected chi connectivity index (χ4v) is 12.6. The summed E-state index contributed by atoms with van der Waals surface area (Å²) in [5, 5.41) is 11.5. The molecule has 9 atom stereocenters. The molecule has 1 aromatic rings. The molecule has 8 heteroatoms. The number of nitrogens with zero attached hydrogens (tertiary/aromatic N) is 2. The molecule has 0 aliphatic heterocycles. The van der Waals surface area contributed by atoms with Gasteiger partial charge in [-0.15, -0.1) is 10.2 Å². The quantitative estimate of drug-likeness (QED) is 0.0651. The highest BCUT2D eigenvalue weighted by atomic mass is 32.2. The fourth-order valence-electron chi connectivity index (χ4n) is 10.7. The summed E-state index contributed by atoms with van der Waals surface area (Å²) >= 11 is 3.06. The Kier molecular flexibility index (Phi) is 12.6. The standard InChI is InChI=1S/C39H63N3O3S2/c1-8-10-23-46-37-42-41-36(47-37)40-34(43)17-18-35(44)45-29-19-21-38(6)28(24-29)13-14-30-32-16-15-31(39(32,7)22-20-33(30)38)26(5)11-12-27(9-2)25(3)4/h13,25-27,29-33H,8-12,14-24H2,1-7H3,(H,40,41,43)/t26-,27-,29+,30+,31-,32+,33+,38+,39-/m1/s1. The van der Waals surface area contributed by atoms with Gasteiger partial charge >= 0.3 is 5.97 Å². The van der Waals surface area contributed by atoms with E-state index in [1.807, 2.05) is 0 Å². The summed E-state index contributed by atoms with van der Waals surface area (Å²) in [6, 6.07) is 0. The van der Waals surface area contributed by atoms with Gasteiger partial charge in [0.1, 0.15) is 6.10 Å². The zero-order valence-corrected chi connectivity index (χ0v) is 32.1. The molecule has 1 heterocycles. The molecule has 0 spiro atoms. The number of esters is 1. The van der Waals surface area contributed by atoms with Crippen LogP contribution in [0.1, 0.15) is 145 Å². The van der Waals surface area contributed by atoms with Crippen LogP contribution < -0.4 is 5.32 Å². The van der Waals surface area contributed by atoms with E-state index in [-0.39, 0.29) is 36.2 Å². The van der Waals surface area contributed by atoms with Gasteiger partial charge in [0.25, 0.3) is 0 Å². The molecule has 3 fully saturated rings.